The first kappa shape index (κ1) is 15.7. The predicted molar refractivity (Wildman–Crippen MR) is 85.7 cm³/mol. The van der Waals surface area contributed by atoms with Crippen LogP contribution in [-0.4, -0.2) is 27.6 Å². The van der Waals surface area contributed by atoms with Crippen LogP contribution in [0.2, 0.25) is 0 Å². The smallest absolute Gasteiger partial charge is 0.374 e. The molecule has 0 radical (unpaired) electrons. The van der Waals surface area contributed by atoms with Crippen LogP contribution in [0.4, 0.5) is 0 Å². The van der Waals surface area contributed by atoms with Crippen LogP contribution < -0.4 is 0 Å². The van der Waals surface area contributed by atoms with Gasteiger partial charge in [-0.25, -0.2) is 4.79 Å². The van der Waals surface area contributed by atoms with Crippen LogP contribution in [0.25, 0.3) is 0 Å². The third kappa shape index (κ3) is 3.60. The second-order valence-corrected chi connectivity index (χ2v) is 5.25. The number of furan rings is 1. The number of carbonyl (C=O) groups excluding carboxylic acids is 2. The van der Waals surface area contributed by atoms with Crippen molar-refractivity contribution in [1.29, 1.82) is 0 Å². The summed E-state index contributed by atoms with van der Waals surface area (Å²) in [5.74, 6) is -0.289. The van der Waals surface area contributed by atoms with E-state index in [2.05, 4.69) is 5.10 Å². The molecule has 6 heteroatoms. The molecule has 0 saturated heterocycles. The lowest BCUT2D eigenvalue weighted by atomic mass is 10.1. The van der Waals surface area contributed by atoms with E-state index < -0.39 is 12.1 Å². The Morgan fingerprint density at radius 1 is 1.17 bits per heavy atom. The van der Waals surface area contributed by atoms with Crippen molar-refractivity contribution in [3.05, 3.63) is 78.0 Å². The molecule has 24 heavy (non-hydrogen) atoms. The van der Waals surface area contributed by atoms with Gasteiger partial charge in [0.05, 0.1) is 6.54 Å². The molecule has 3 aromatic rings. The molecule has 1 unspecified atom stereocenters. The summed E-state index contributed by atoms with van der Waals surface area (Å²) in [4.78, 5) is 24.3. The molecule has 0 aliphatic carbocycles. The van der Waals surface area contributed by atoms with Crippen molar-refractivity contribution in [3.8, 4) is 0 Å². The Labute approximate surface area is 138 Å². The van der Waals surface area contributed by atoms with Gasteiger partial charge in [0.25, 0.3) is 0 Å². The highest BCUT2D eigenvalue weighted by molar-refractivity contribution is 6.01. The highest BCUT2D eigenvalue weighted by atomic mass is 16.6. The Balaban J connectivity index is 1.62. The number of ketones is 1. The van der Waals surface area contributed by atoms with Gasteiger partial charge in [-0.3, -0.25) is 9.48 Å². The van der Waals surface area contributed by atoms with Crippen LogP contribution in [0.1, 0.15) is 33.6 Å². The van der Waals surface area contributed by atoms with E-state index in [-0.39, 0.29) is 11.5 Å². The largest absolute Gasteiger partial charge is 0.452 e. The number of nitrogens with zero attached hydrogens (tertiary/aromatic N) is 2. The van der Waals surface area contributed by atoms with Gasteiger partial charge in [0.1, 0.15) is 5.76 Å². The van der Waals surface area contributed by atoms with Gasteiger partial charge in [-0.1, -0.05) is 30.3 Å². The third-order valence-electron chi connectivity index (χ3n) is 3.45. The highest BCUT2D eigenvalue weighted by Gasteiger charge is 2.22. The number of hydrogen-bond acceptors (Lipinski definition) is 5. The van der Waals surface area contributed by atoms with Crippen molar-refractivity contribution < 1.29 is 18.7 Å². The van der Waals surface area contributed by atoms with Crippen molar-refractivity contribution in [3.63, 3.8) is 0 Å². The standard InChI is InChI=1S/C18H16N2O4/c1-13(17(21)14-6-3-2-4-7-14)23-18(22)16-9-8-15(24-16)12-20-11-5-10-19-20/h2-11,13H,12H2,1H3. The summed E-state index contributed by atoms with van der Waals surface area (Å²) >= 11 is 0. The molecule has 0 bridgehead atoms. The number of esters is 1. The van der Waals surface area contributed by atoms with E-state index >= 15 is 0 Å². The normalized spacial score (nSPS) is 11.9. The molecule has 3 rings (SSSR count). The number of rotatable bonds is 6. The number of hydrogen-bond donors (Lipinski definition) is 0. The minimum atomic E-state index is -0.889. The second-order valence-electron chi connectivity index (χ2n) is 5.25. The minimum Gasteiger partial charge on any atom is -0.452 e. The first-order chi connectivity index (χ1) is 11.6. The number of ether oxygens (including phenoxy) is 1. The first-order valence-corrected chi connectivity index (χ1v) is 7.50. The molecule has 0 spiro atoms. The van der Waals surface area contributed by atoms with Crippen molar-refractivity contribution in [2.24, 2.45) is 0 Å². The molecule has 0 N–H and O–H groups in total. The molecule has 0 fully saturated rings. The lowest BCUT2D eigenvalue weighted by Gasteiger charge is -2.11. The quantitative estimate of drug-likeness (QED) is 0.515. The Morgan fingerprint density at radius 3 is 2.67 bits per heavy atom. The maximum Gasteiger partial charge on any atom is 0.374 e. The van der Waals surface area contributed by atoms with Gasteiger partial charge >= 0.3 is 5.97 Å². The van der Waals surface area contributed by atoms with Gasteiger partial charge in [0, 0.05) is 18.0 Å². The fraction of sp³-hybridized carbons (Fsp3) is 0.167. The summed E-state index contributed by atoms with van der Waals surface area (Å²) < 4.78 is 12.3. The number of benzene rings is 1. The van der Waals surface area contributed by atoms with Gasteiger partial charge in [-0.15, -0.1) is 0 Å². The molecule has 2 heterocycles. The lowest BCUT2D eigenvalue weighted by molar-refractivity contribution is 0.0287. The second kappa shape index (κ2) is 6.95. The van der Waals surface area contributed by atoms with E-state index in [0.29, 0.717) is 17.9 Å². The van der Waals surface area contributed by atoms with Gasteiger partial charge in [0.2, 0.25) is 11.5 Å². The minimum absolute atomic E-state index is 0.0601. The monoisotopic (exact) mass is 324 g/mol. The van der Waals surface area contributed by atoms with Gasteiger partial charge in [-0.05, 0) is 25.1 Å². The topological polar surface area (TPSA) is 74.3 Å². The molecule has 1 aromatic carbocycles. The highest BCUT2D eigenvalue weighted by Crippen LogP contribution is 2.13. The molecule has 0 aliphatic rings. The Hall–Kier alpha value is -3.15. The predicted octanol–water partition coefficient (Wildman–Crippen LogP) is 2.95. The van der Waals surface area contributed by atoms with E-state index in [9.17, 15) is 9.59 Å². The summed E-state index contributed by atoms with van der Waals surface area (Å²) in [6.07, 6.45) is 2.57. The Bertz CT molecular complexity index is 822. The molecule has 0 aliphatic heterocycles. The number of Topliss-reactive ketones (excluding diaryl/α,β-unsaturated/α-hetero) is 1. The van der Waals surface area contributed by atoms with Crippen LogP contribution in [0.5, 0.6) is 0 Å². The zero-order chi connectivity index (χ0) is 16.9. The number of carbonyl (C=O) groups is 2. The maximum absolute atomic E-state index is 12.2. The summed E-state index contributed by atoms with van der Waals surface area (Å²) in [7, 11) is 0. The van der Waals surface area contributed by atoms with E-state index in [1.165, 1.54) is 6.07 Å². The van der Waals surface area contributed by atoms with Crippen LogP contribution >= 0.6 is 0 Å². The fourth-order valence-electron chi connectivity index (χ4n) is 2.24. The van der Waals surface area contributed by atoms with Crippen molar-refractivity contribution in [1.82, 2.24) is 9.78 Å². The number of aromatic nitrogens is 2. The molecule has 2 aromatic heterocycles. The van der Waals surface area contributed by atoms with E-state index in [0.717, 1.165) is 0 Å². The molecule has 6 nitrogen and oxygen atoms in total. The van der Waals surface area contributed by atoms with Gasteiger partial charge in [-0.2, -0.15) is 5.10 Å². The van der Waals surface area contributed by atoms with Crippen LogP contribution in [0, 0.1) is 0 Å². The Kier molecular flexibility index (Phi) is 4.56. The van der Waals surface area contributed by atoms with E-state index in [1.54, 1.807) is 60.4 Å². The van der Waals surface area contributed by atoms with Crippen LogP contribution in [0.15, 0.2) is 65.3 Å². The maximum atomic E-state index is 12.2. The van der Waals surface area contributed by atoms with Crippen LogP contribution in [-0.2, 0) is 11.3 Å². The van der Waals surface area contributed by atoms with Crippen molar-refractivity contribution in [2.45, 2.75) is 19.6 Å². The third-order valence-corrected chi connectivity index (χ3v) is 3.45. The fourth-order valence-corrected chi connectivity index (χ4v) is 2.24. The summed E-state index contributed by atoms with van der Waals surface area (Å²) in [5.41, 5.74) is 0.497. The first-order valence-electron chi connectivity index (χ1n) is 7.50. The summed E-state index contributed by atoms with van der Waals surface area (Å²) in [6, 6.07) is 13.7. The molecule has 0 amide bonds. The molecule has 0 saturated carbocycles. The van der Waals surface area contributed by atoms with Gasteiger partial charge < -0.3 is 9.15 Å². The van der Waals surface area contributed by atoms with E-state index in [1.807, 2.05) is 6.07 Å². The lowest BCUT2D eigenvalue weighted by Crippen LogP contribution is -2.24. The molecule has 1 atom stereocenters. The van der Waals surface area contributed by atoms with Gasteiger partial charge in [0.15, 0.2) is 6.10 Å². The summed E-state index contributed by atoms with van der Waals surface area (Å²) in [6.45, 7) is 1.96. The average molecular weight is 324 g/mol. The molecular weight excluding hydrogens is 308 g/mol. The van der Waals surface area contributed by atoms with E-state index in [4.69, 9.17) is 9.15 Å². The van der Waals surface area contributed by atoms with Crippen molar-refractivity contribution >= 4 is 11.8 Å². The van der Waals surface area contributed by atoms with Crippen LogP contribution in [0.3, 0.4) is 0 Å². The Morgan fingerprint density at radius 2 is 1.96 bits per heavy atom. The summed E-state index contributed by atoms with van der Waals surface area (Å²) in [5, 5.41) is 4.07. The SMILES string of the molecule is CC(OC(=O)c1ccc(Cn2cccn2)o1)C(=O)c1ccccc1. The zero-order valence-corrected chi connectivity index (χ0v) is 13.1. The zero-order valence-electron chi connectivity index (χ0n) is 13.1. The molecular formula is C18H16N2O4. The average Bonchev–Trinajstić information content (AvgIpc) is 3.27. The molecule has 122 valence electrons. The van der Waals surface area contributed by atoms with Crippen molar-refractivity contribution in [2.75, 3.05) is 0 Å².